The van der Waals surface area contributed by atoms with Gasteiger partial charge in [-0.15, -0.1) is 0 Å². The van der Waals surface area contributed by atoms with Crippen LogP contribution in [-0.2, 0) is 38.5 Å². The van der Waals surface area contributed by atoms with Crippen molar-refractivity contribution in [2.24, 2.45) is 0 Å². The van der Waals surface area contributed by atoms with Crippen molar-refractivity contribution >= 4 is 127 Å². The molecule has 0 radical (unpaired) electrons. The third-order valence-electron chi connectivity index (χ3n) is 27.2. The summed E-state index contributed by atoms with van der Waals surface area (Å²) in [7, 11) is 0. The predicted molar refractivity (Wildman–Crippen MR) is 620 cm³/mol. The molecule has 20 aromatic rings. The molecule has 0 N–H and O–H groups in total. The lowest BCUT2D eigenvalue weighted by molar-refractivity contribution is 0.957. The summed E-state index contributed by atoms with van der Waals surface area (Å²) < 4.78 is 0. The maximum atomic E-state index is 3.95. The van der Waals surface area contributed by atoms with Crippen LogP contribution < -0.4 is 4.90 Å². The molecule has 0 atom stereocenters. The van der Waals surface area contributed by atoms with E-state index in [1.165, 1.54) is 165 Å². The van der Waals surface area contributed by atoms with E-state index in [0.29, 0.717) is 0 Å². The highest BCUT2D eigenvalue weighted by Gasteiger charge is 2.21. The molecule has 0 aliphatic carbocycles. The van der Waals surface area contributed by atoms with Crippen LogP contribution in [0.4, 0.5) is 17.1 Å². The molecule has 0 unspecified atom stereocenters. The van der Waals surface area contributed by atoms with Gasteiger partial charge in [0.25, 0.3) is 0 Å². The lowest BCUT2D eigenvalue weighted by Gasteiger charge is -2.26. The van der Waals surface area contributed by atoms with E-state index in [2.05, 4.69) is 490 Å². The fraction of sp³-hybridized carbons (Fsp3) is 0.0429. The molecule has 0 bridgehead atoms. The third kappa shape index (κ3) is 21.8. The van der Waals surface area contributed by atoms with Gasteiger partial charge in [-0.2, -0.15) is 0 Å². The van der Waals surface area contributed by atoms with Gasteiger partial charge in [0.2, 0.25) is 0 Å². The summed E-state index contributed by atoms with van der Waals surface area (Å²) >= 11 is 0. The molecule has 0 aromatic heterocycles. The average Bonchev–Trinajstić information content (AvgIpc) is 0.732. The first-order valence-electron chi connectivity index (χ1n) is 48.4. The maximum absolute atomic E-state index is 3.95. The molecule has 141 heavy (non-hydrogen) atoms. The number of hydrogen-bond donors (Lipinski definition) is 0. The maximum Gasteiger partial charge on any atom is 0.0461 e. The van der Waals surface area contributed by atoms with Crippen LogP contribution in [0.15, 0.2) is 485 Å². The number of aryl methyl sites for hydroxylation is 6. The van der Waals surface area contributed by atoms with Gasteiger partial charge in [0.05, 0.1) is 0 Å². The Balaban J connectivity index is 0.000000140. The topological polar surface area (TPSA) is 3.24 Å². The van der Waals surface area contributed by atoms with Gasteiger partial charge in [-0.05, 0) is 350 Å². The van der Waals surface area contributed by atoms with Crippen LogP contribution in [0.25, 0.3) is 199 Å². The van der Waals surface area contributed by atoms with Gasteiger partial charge in [0.15, 0.2) is 0 Å². The average molecular weight is 1810 g/mol. The molecule has 0 heterocycles. The summed E-state index contributed by atoms with van der Waals surface area (Å²) in [6.45, 7) is 43.2. The minimum atomic E-state index is 1.00. The first-order valence-corrected chi connectivity index (χ1v) is 48.4. The number of rotatable bonds is 31. The molecule has 0 fully saturated rings. The highest BCUT2D eigenvalue weighted by atomic mass is 15.1. The second-order valence-corrected chi connectivity index (χ2v) is 35.9. The van der Waals surface area contributed by atoms with Gasteiger partial charge in [0, 0.05) is 17.1 Å². The van der Waals surface area contributed by atoms with Crippen molar-refractivity contribution in [2.45, 2.75) is 38.5 Å². The van der Waals surface area contributed by atoms with Crippen LogP contribution in [0.3, 0.4) is 0 Å². The molecule has 0 saturated heterocycles. The molecule has 0 saturated carbocycles. The molecule has 0 aliphatic rings. The van der Waals surface area contributed by atoms with Crippen LogP contribution in [0.5, 0.6) is 0 Å². The lowest BCUT2D eigenvalue weighted by Crippen LogP contribution is -2.10. The molecular formula is C140H113N. The monoisotopic (exact) mass is 1810 g/mol. The molecule has 1 nitrogen and oxygen atoms in total. The molecule has 678 valence electrons. The van der Waals surface area contributed by atoms with Gasteiger partial charge in [-0.3, -0.25) is 0 Å². The summed E-state index contributed by atoms with van der Waals surface area (Å²) in [6, 6.07) is 150. The smallest absolute Gasteiger partial charge is 0.0461 e. The van der Waals surface area contributed by atoms with Crippen LogP contribution >= 0.6 is 0 Å². The van der Waals surface area contributed by atoms with Crippen LogP contribution in [0.1, 0.15) is 94.6 Å². The Bertz CT molecular complexity index is 7100. The summed E-state index contributed by atoms with van der Waals surface area (Å²) in [5, 5.41) is 9.69. The quantitative estimate of drug-likeness (QED) is 0.0392. The molecule has 20 aromatic carbocycles. The predicted octanol–water partition coefficient (Wildman–Crippen LogP) is 38.9. The van der Waals surface area contributed by atoms with Crippen molar-refractivity contribution in [3.8, 4) is 89.0 Å². The van der Waals surface area contributed by atoms with Crippen LogP contribution in [0.2, 0.25) is 0 Å². The second-order valence-electron chi connectivity index (χ2n) is 35.9. The summed E-state index contributed by atoms with van der Waals surface area (Å²) in [4.78, 5) is 2.37. The van der Waals surface area contributed by atoms with E-state index in [1.807, 2.05) is 66.8 Å². The second kappa shape index (κ2) is 44.0. The fourth-order valence-corrected chi connectivity index (χ4v) is 18.8. The van der Waals surface area contributed by atoms with Crippen LogP contribution in [-0.4, -0.2) is 0 Å². The largest absolute Gasteiger partial charge is 0.311 e. The zero-order chi connectivity index (χ0) is 97.1. The number of anilines is 3. The third-order valence-corrected chi connectivity index (χ3v) is 27.2. The molecule has 0 aliphatic heterocycles. The Labute approximate surface area is 832 Å². The molecule has 0 amide bonds. The zero-order valence-corrected chi connectivity index (χ0v) is 80.1. The van der Waals surface area contributed by atoms with Gasteiger partial charge >= 0.3 is 0 Å². The van der Waals surface area contributed by atoms with Gasteiger partial charge in [-0.1, -0.05) is 467 Å². The first kappa shape index (κ1) is 93.8. The number of benzene rings is 20. The zero-order valence-electron chi connectivity index (χ0n) is 80.1. The van der Waals surface area contributed by atoms with E-state index in [4.69, 9.17) is 0 Å². The van der Waals surface area contributed by atoms with E-state index in [-0.39, 0.29) is 0 Å². The Morgan fingerprint density at radius 3 is 0.418 bits per heavy atom. The first-order chi connectivity index (χ1) is 69.2. The summed E-state index contributed by atoms with van der Waals surface area (Å²) in [5.41, 5.74) is 42.9. The van der Waals surface area contributed by atoms with Crippen molar-refractivity contribution in [3.05, 3.63) is 579 Å². The van der Waals surface area contributed by atoms with Crippen molar-refractivity contribution in [1.82, 2.24) is 0 Å². The standard InChI is InChI=1S/C48H45N.2C46H34/c1-4-37-7-13-40(14-8-37)19-22-43-25-31-46(32-26-43)49(47-33-27-44(28-34-47)23-20-41-15-9-38(5-2)10-16-41)48-35-29-45(30-36-48)24-21-42-17-11-39(6-3)12-18-42;1-5-31-9-17-35(18-10-31)43-27-39-25-41-29-45(37-21-13-33(7-3)14-22-37)46(38-23-15-34(8-4)16-24-38)30-42(41)26-40(39)28-44(43)36-19-11-32(6-2)12-20-36;1-5-31-9-17-35(18-10-31)39-25-26-40(36-19-11-32(6-2)12-20-36)44-30-46-42(38-23-15-34(8-4)16-24-38)28-27-41(45(46)29-43(39)44)37-21-13-33(7-3)14-22-37/h4-18,25-36H,1-3,19-24H2;2*5-30H,1-4H2. The van der Waals surface area contributed by atoms with Crippen molar-refractivity contribution in [2.75, 3.05) is 4.90 Å². The van der Waals surface area contributed by atoms with E-state index in [9.17, 15) is 0 Å². The van der Waals surface area contributed by atoms with E-state index in [0.717, 1.165) is 117 Å². The highest BCUT2D eigenvalue weighted by Crippen LogP contribution is 2.47. The van der Waals surface area contributed by atoms with E-state index < -0.39 is 0 Å². The molecular weight excluding hydrogens is 1700 g/mol. The fourth-order valence-electron chi connectivity index (χ4n) is 18.8. The Hall–Kier alpha value is -17.6. The Morgan fingerprint density at radius 1 is 0.135 bits per heavy atom. The highest BCUT2D eigenvalue weighted by molar-refractivity contribution is 6.17. The number of hydrogen-bond acceptors (Lipinski definition) is 1. The van der Waals surface area contributed by atoms with Gasteiger partial charge < -0.3 is 4.90 Å². The van der Waals surface area contributed by atoms with Crippen LogP contribution in [0, 0.1) is 0 Å². The molecule has 1 heteroatoms. The number of nitrogens with zero attached hydrogens (tertiary/aromatic N) is 1. The van der Waals surface area contributed by atoms with Gasteiger partial charge in [-0.25, -0.2) is 0 Å². The Morgan fingerprint density at radius 2 is 0.270 bits per heavy atom. The summed E-state index contributed by atoms with van der Waals surface area (Å²) in [5.74, 6) is 0. The SMILES string of the molecule is C=Cc1ccc(-c2cc3cc4cc(-c5ccc(C=C)cc5)c(-c5ccc(C=C)cc5)cc4cc3cc2-c2ccc(C=C)cc2)cc1.C=Cc1ccc(-c2ccc(-c3ccc(C=C)cc3)c3cc4c(-c5ccc(C=C)cc5)ccc(-c5ccc(C=C)cc5)c4cc23)cc1.C=Cc1ccc(CCc2ccc(N(c3ccc(CCc4ccc(C=C)cc4)cc3)c3ccc(CCc4ccc(C=C)cc4)cc3)cc2)cc1. The van der Waals surface area contributed by atoms with Crippen molar-refractivity contribution < 1.29 is 0 Å². The van der Waals surface area contributed by atoms with Gasteiger partial charge in [0.1, 0.15) is 0 Å². The minimum absolute atomic E-state index is 1.00. The van der Waals surface area contributed by atoms with Crippen molar-refractivity contribution in [3.63, 3.8) is 0 Å². The summed E-state index contributed by atoms with van der Waals surface area (Å²) in [6.07, 6.45) is 26.8. The lowest BCUT2D eigenvalue weighted by atomic mass is 9.86. The number of fused-ring (bicyclic) bond motifs is 4. The molecule has 0 spiro atoms. The van der Waals surface area contributed by atoms with E-state index >= 15 is 0 Å². The normalized spacial score (nSPS) is 10.9. The Kier molecular flexibility index (Phi) is 29.3. The van der Waals surface area contributed by atoms with Crippen molar-refractivity contribution in [1.29, 1.82) is 0 Å². The molecule has 20 rings (SSSR count). The van der Waals surface area contributed by atoms with E-state index in [1.54, 1.807) is 0 Å². The minimum Gasteiger partial charge on any atom is -0.311 e.